The maximum atomic E-state index is 12.2. The Morgan fingerprint density at radius 3 is 2.65 bits per heavy atom. The van der Waals surface area contributed by atoms with E-state index in [-0.39, 0.29) is 11.5 Å². The van der Waals surface area contributed by atoms with Crippen molar-refractivity contribution in [1.82, 2.24) is 10.2 Å². The summed E-state index contributed by atoms with van der Waals surface area (Å²) < 4.78 is 0. The molecular weight excluding hydrogens is 326 g/mol. The van der Waals surface area contributed by atoms with Crippen LogP contribution in [-0.2, 0) is 16.2 Å². The maximum Gasteiger partial charge on any atom is 0.269 e. The highest BCUT2D eigenvalue weighted by Crippen LogP contribution is 2.34. The predicted molar refractivity (Wildman–Crippen MR) is 104 cm³/mol. The summed E-state index contributed by atoms with van der Waals surface area (Å²) in [5.74, 6) is 0.904. The first-order valence-corrected chi connectivity index (χ1v) is 9.71. The Bertz CT molecular complexity index is 666. The van der Waals surface area contributed by atoms with Crippen LogP contribution >= 0.6 is 0 Å². The van der Waals surface area contributed by atoms with E-state index < -0.39 is 0 Å². The van der Waals surface area contributed by atoms with Crippen molar-refractivity contribution in [3.8, 4) is 0 Å². The molecule has 2 aliphatic rings. The van der Waals surface area contributed by atoms with Crippen LogP contribution in [0.2, 0.25) is 0 Å². The van der Waals surface area contributed by atoms with Gasteiger partial charge in [-0.1, -0.05) is 57.1 Å². The lowest BCUT2D eigenvalue weighted by atomic mass is 9.96. The molecule has 142 valence electrons. The molecule has 0 aliphatic carbocycles. The molecule has 1 amide bonds. The SMILES string of the molecule is CC(C)CNC(=O)C1=NOC2(CCN(Cc3ccc(C(C)C)cc3)C2)C1. The standard InChI is InChI=1S/C21H31N3O2/c1-15(2)12-22-20(25)19-11-21(26-23-19)9-10-24(14-21)13-17-5-7-18(8-6-17)16(3)4/h5-8,15-16H,9-14H2,1-4H3,(H,22,25). The number of hydrogen-bond donors (Lipinski definition) is 1. The van der Waals surface area contributed by atoms with Crippen molar-refractivity contribution in [3.05, 3.63) is 35.4 Å². The van der Waals surface area contributed by atoms with E-state index >= 15 is 0 Å². The summed E-state index contributed by atoms with van der Waals surface area (Å²) in [4.78, 5) is 20.4. The van der Waals surface area contributed by atoms with Crippen LogP contribution in [0.15, 0.2) is 29.4 Å². The molecule has 1 saturated heterocycles. The highest BCUT2D eigenvalue weighted by Gasteiger charge is 2.46. The van der Waals surface area contributed by atoms with Crippen molar-refractivity contribution in [2.45, 2.75) is 58.6 Å². The molecule has 1 aromatic carbocycles. The smallest absolute Gasteiger partial charge is 0.269 e. The van der Waals surface area contributed by atoms with Crippen LogP contribution in [0.1, 0.15) is 57.6 Å². The summed E-state index contributed by atoms with van der Waals surface area (Å²) in [6.07, 6.45) is 1.53. The molecule has 5 heteroatoms. The van der Waals surface area contributed by atoms with Crippen molar-refractivity contribution in [3.63, 3.8) is 0 Å². The van der Waals surface area contributed by atoms with E-state index in [4.69, 9.17) is 4.84 Å². The highest BCUT2D eigenvalue weighted by atomic mass is 16.7. The second kappa shape index (κ2) is 7.78. The van der Waals surface area contributed by atoms with Gasteiger partial charge in [0, 0.05) is 39.0 Å². The molecule has 1 atom stereocenters. The first-order chi connectivity index (χ1) is 12.4. The first kappa shape index (κ1) is 18.9. The Balaban J connectivity index is 1.52. The summed E-state index contributed by atoms with van der Waals surface area (Å²) in [5, 5.41) is 7.03. The van der Waals surface area contributed by atoms with Gasteiger partial charge in [0.25, 0.3) is 5.91 Å². The molecule has 1 aromatic rings. The monoisotopic (exact) mass is 357 g/mol. The van der Waals surface area contributed by atoms with E-state index in [1.54, 1.807) is 0 Å². The number of nitrogens with one attached hydrogen (secondary N) is 1. The second-order valence-electron chi connectivity index (χ2n) is 8.45. The van der Waals surface area contributed by atoms with Crippen LogP contribution in [0.25, 0.3) is 0 Å². The van der Waals surface area contributed by atoms with Gasteiger partial charge in [0.05, 0.1) is 0 Å². The second-order valence-corrected chi connectivity index (χ2v) is 8.45. The van der Waals surface area contributed by atoms with E-state index in [1.165, 1.54) is 11.1 Å². The summed E-state index contributed by atoms with van der Waals surface area (Å²) in [7, 11) is 0. The Morgan fingerprint density at radius 2 is 2.00 bits per heavy atom. The molecular formula is C21H31N3O2. The van der Waals surface area contributed by atoms with Gasteiger partial charge in [-0.25, -0.2) is 0 Å². The van der Waals surface area contributed by atoms with Crippen LogP contribution in [-0.4, -0.2) is 41.8 Å². The number of amides is 1. The molecule has 0 saturated carbocycles. The molecule has 1 unspecified atom stereocenters. The Hall–Kier alpha value is -1.88. The average molecular weight is 357 g/mol. The third-order valence-corrected chi connectivity index (χ3v) is 5.22. The molecule has 0 aromatic heterocycles. The number of nitrogens with zero attached hydrogens (tertiary/aromatic N) is 2. The molecule has 0 radical (unpaired) electrons. The summed E-state index contributed by atoms with van der Waals surface area (Å²) in [6, 6.07) is 8.88. The lowest BCUT2D eigenvalue weighted by molar-refractivity contribution is -0.115. The zero-order chi connectivity index (χ0) is 18.7. The quantitative estimate of drug-likeness (QED) is 0.850. The van der Waals surface area contributed by atoms with Gasteiger partial charge >= 0.3 is 0 Å². The first-order valence-electron chi connectivity index (χ1n) is 9.71. The number of carbonyl (C=O) groups excluding carboxylic acids is 1. The molecule has 3 rings (SSSR count). The molecule has 1 fully saturated rings. The lowest BCUT2D eigenvalue weighted by Gasteiger charge is -2.22. The van der Waals surface area contributed by atoms with E-state index in [0.29, 0.717) is 30.5 Å². The number of oxime groups is 1. The minimum Gasteiger partial charge on any atom is -0.387 e. The third kappa shape index (κ3) is 4.44. The molecule has 26 heavy (non-hydrogen) atoms. The topological polar surface area (TPSA) is 53.9 Å². The minimum atomic E-state index is -0.317. The van der Waals surface area contributed by atoms with Gasteiger partial charge < -0.3 is 10.2 Å². The average Bonchev–Trinajstić information content (AvgIpc) is 3.20. The third-order valence-electron chi connectivity index (χ3n) is 5.22. The van der Waals surface area contributed by atoms with Gasteiger partial charge in [0.1, 0.15) is 5.71 Å². The van der Waals surface area contributed by atoms with Gasteiger partial charge in [-0.3, -0.25) is 9.69 Å². The van der Waals surface area contributed by atoms with Gasteiger partial charge in [-0.2, -0.15) is 0 Å². The predicted octanol–water partition coefficient (Wildman–Crippen LogP) is 3.30. The summed E-state index contributed by atoms with van der Waals surface area (Å²) in [6.45, 7) is 12.0. The van der Waals surface area contributed by atoms with E-state index in [2.05, 4.69) is 67.3 Å². The fraction of sp³-hybridized carbons (Fsp3) is 0.619. The fourth-order valence-electron chi connectivity index (χ4n) is 3.59. The van der Waals surface area contributed by atoms with E-state index in [9.17, 15) is 4.79 Å². The molecule has 2 heterocycles. The lowest BCUT2D eigenvalue weighted by Crippen LogP contribution is -2.37. The highest BCUT2D eigenvalue weighted by molar-refractivity contribution is 6.39. The van der Waals surface area contributed by atoms with Gasteiger partial charge in [0.2, 0.25) is 0 Å². The van der Waals surface area contributed by atoms with Crippen molar-refractivity contribution in [2.24, 2.45) is 11.1 Å². The number of likely N-dealkylation sites (tertiary alicyclic amines) is 1. The number of benzene rings is 1. The van der Waals surface area contributed by atoms with Crippen molar-refractivity contribution >= 4 is 11.6 Å². The van der Waals surface area contributed by atoms with Crippen LogP contribution in [0, 0.1) is 5.92 Å². The Kier molecular flexibility index (Phi) is 5.66. The van der Waals surface area contributed by atoms with Crippen LogP contribution in [0.3, 0.4) is 0 Å². The maximum absolute atomic E-state index is 12.2. The van der Waals surface area contributed by atoms with E-state index in [1.807, 2.05) is 0 Å². The van der Waals surface area contributed by atoms with Gasteiger partial charge in [0.15, 0.2) is 5.60 Å². The fourth-order valence-corrected chi connectivity index (χ4v) is 3.59. The molecule has 0 bridgehead atoms. The molecule has 2 aliphatic heterocycles. The molecule has 5 nitrogen and oxygen atoms in total. The molecule has 1 N–H and O–H groups in total. The number of hydrogen-bond acceptors (Lipinski definition) is 4. The van der Waals surface area contributed by atoms with Crippen molar-refractivity contribution in [1.29, 1.82) is 0 Å². The zero-order valence-electron chi connectivity index (χ0n) is 16.4. The number of carbonyl (C=O) groups is 1. The zero-order valence-corrected chi connectivity index (χ0v) is 16.4. The van der Waals surface area contributed by atoms with Crippen LogP contribution in [0.5, 0.6) is 0 Å². The van der Waals surface area contributed by atoms with E-state index in [0.717, 1.165) is 26.1 Å². The number of rotatable bonds is 6. The van der Waals surface area contributed by atoms with Gasteiger partial charge in [-0.05, 0) is 23.0 Å². The normalized spacial score (nSPS) is 22.9. The largest absolute Gasteiger partial charge is 0.387 e. The van der Waals surface area contributed by atoms with Gasteiger partial charge in [-0.15, -0.1) is 0 Å². The molecule has 1 spiro atoms. The Morgan fingerprint density at radius 1 is 1.27 bits per heavy atom. The van der Waals surface area contributed by atoms with Crippen LogP contribution < -0.4 is 5.32 Å². The van der Waals surface area contributed by atoms with Crippen molar-refractivity contribution < 1.29 is 9.63 Å². The summed E-state index contributed by atoms with van der Waals surface area (Å²) >= 11 is 0. The summed E-state index contributed by atoms with van der Waals surface area (Å²) in [5.41, 5.74) is 2.91. The van der Waals surface area contributed by atoms with Crippen molar-refractivity contribution in [2.75, 3.05) is 19.6 Å². The minimum absolute atomic E-state index is 0.0849. The van der Waals surface area contributed by atoms with Crippen LogP contribution in [0.4, 0.5) is 0 Å². The Labute approximate surface area is 156 Å².